The molecule has 3 rings (SSSR count). The first-order valence-electron chi connectivity index (χ1n) is 11.3. The number of hydrogen-bond donors (Lipinski definition) is 4. The average Bonchev–Trinajstić information content (AvgIpc) is 2.85. The smallest absolute Gasteiger partial charge is 0.148 e. The second-order valence-corrected chi connectivity index (χ2v) is 9.49. The summed E-state index contributed by atoms with van der Waals surface area (Å²) in [4.78, 5) is 8.69. The Hall–Kier alpha value is -2.42. The van der Waals surface area contributed by atoms with Gasteiger partial charge in [0.15, 0.2) is 0 Å². The lowest BCUT2D eigenvalue weighted by Crippen LogP contribution is -2.57. The van der Waals surface area contributed by atoms with Gasteiger partial charge in [-0.15, -0.1) is 0 Å². The molecule has 0 aromatic heterocycles. The molecule has 5 N–H and O–H groups in total. The van der Waals surface area contributed by atoms with Gasteiger partial charge in [0.1, 0.15) is 11.6 Å². The van der Waals surface area contributed by atoms with Crippen LogP contribution in [-0.4, -0.2) is 73.2 Å². The largest absolute Gasteiger partial charge is 0.491 e. The van der Waals surface area contributed by atoms with E-state index in [0.29, 0.717) is 30.5 Å². The van der Waals surface area contributed by atoms with Crippen LogP contribution in [0.25, 0.3) is 0 Å². The number of benzene rings is 1. The number of aliphatic imine (C=N–C) groups is 1. The van der Waals surface area contributed by atoms with Crippen molar-refractivity contribution in [2.24, 2.45) is 10.7 Å². The Morgan fingerprint density at radius 3 is 2.75 bits per heavy atom. The zero-order valence-electron chi connectivity index (χ0n) is 20.0. The maximum Gasteiger partial charge on any atom is 0.148 e. The first kappa shape index (κ1) is 24.2. The number of fused-ring (bicyclic) bond motifs is 1. The molecule has 0 atom stereocenters. The summed E-state index contributed by atoms with van der Waals surface area (Å²) in [5.74, 6) is 1.80. The van der Waals surface area contributed by atoms with E-state index in [1.165, 1.54) is 5.56 Å². The molecular formula is C24H38N6O2. The van der Waals surface area contributed by atoms with Crippen LogP contribution in [0.3, 0.4) is 0 Å². The molecule has 0 saturated carbocycles. The van der Waals surface area contributed by atoms with Crippen molar-refractivity contribution >= 4 is 17.2 Å². The molecule has 2 heterocycles. The average molecular weight is 443 g/mol. The molecule has 0 amide bonds. The van der Waals surface area contributed by atoms with Crippen molar-refractivity contribution in [2.75, 3.05) is 44.9 Å². The van der Waals surface area contributed by atoms with E-state index in [0.717, 1.165) is 30.2 Å². The molecule has 0 bridgehead atoms. The van der Waals surface area contributed by atoms with Crippen LogP contribution in [0.15, 0.2) is 35.0 Å². The van der Waals surface area contributed by atoms with E-state index >= 15 is 0 Å². The summed E-state index contributed by atoms with van der Waals surface area (Å²) in [5.41, 5.74) is 9.01. The van der Waals surface area contributed by atoms with Crippen molar-refractivity contribution in [3.63, 3.8) is 0 Å². The van der Waals surface area contributed by atoms with Crippen LogP contribution >= 0.6 is 0 Å². The molecule has 1 saturated heterocycles. The normalized spacial score (nSPS) is 19.4. The number of hydrogen-bond acceptors (Lipinski definition) is 7. The zero-order chi connectivity index (χ0) is 23.5. The fraction of sp³-hybridized carbons (Fsp3) is 0.583. The summed E-state index contributed by atoms with van der Waals surface area (Å²) in [6, 6.07) is 6.57. The van der Waals surface area contributed by atoms with Crippen LogP contribution in [0.2, 0.25) is 0 Å². The highest BCUT2D eigenvalue weighted by Crippen LogP contribution is 2.39. The number of anilines is 1. The molecule has 32 heavy (non-hydrogen) atoms. The zero-order valence-corrected chi connectivity index (χ0v) is 20.0. The summed E-state index contributed by atoms with van der Waals surface area (Å²) >= 11 is 0. The summed E-state index contributed by atoms with van der Waals surface area (Å²) in [5, 5.41) is 21.4. The Morgan fingerprint density at radius 1 is 1.41 bits per heavy atom. The Morgan fingerprint density at radius 2 is 2.12 bits per heavy atom. The maximum absolute atomic E-state index is 9.62. The molecule has 2 aliphatic rings. The molecular weight excluding hydrogens is 404 g/mol. The van der Waals surface area contributed by atoms with Crippen LogP contribution in [0.1, 0.15) is 45.6 Å². The van der Waals surface area contributed by atoms with E-state index in [1.54, 1.807) is 0 Å². The molecule has 8 nitrogen and oxygen atoms in total. The molecule has 1 aromatic rings. The quantitative estimate of drug-likeness (QED) is 0.381. The number of nitrogens with one attached hydrogen (secondary N) is 2. The van der Waals surface area contributed by atoms with Crippen molar-refractivity contribution in [2.45, 2.75) is 51.6 Å². The van der Waals surface area contributed by atoms with Crippen LogP contribution in [0, 0.1) is 5.41 Å². The number of nitrogens with two attached hydrogens (primary N) is 1. The highest BCUT2D eigenvalue weighted by Gasteiger charge is 2.37. The predicted molar refractivity (Wildman–Crippen MR) is 131 cm³/mol. The van der Waals surface area contributed by atoms with Gasteiger partial charge in [-0.05, 0) is 51.5 Å². The number of ether oxygens (including phenoxy) is 1. The second-order valence-electron chi connectivity index (χ2n) is 9.49. The number of amidine groups is 1. The van der Waals surface area contributed by atoms with Crippen LogP contribution in [-0.2, 0) is 0 Å². The fourth-order valence-electron chi connectivity index (χ4n) is 4.02. The third-order valence-corrected chi connectivity index (χ3v) is 6.23. The third kappa shape index (κ3) is 5.31. The van der Waals surface area contributed by atoms with E-state index in [9.17, 15) is 5.11 Å². The van der Waals surface area contributed by atoms with E-state index in [1.807, 2.05) is 27.0 Å². The van der Waals surface area contributed by atoms with Gasteiger partial charge in [0.25, 0.3) is 0 Å². The van der Waals surface area contributed by atoms with Gasteiger partial charge >= 0.3 is 0 Å². The minimum atomic E-state index is -0.189. The Kier molecular flexibility index (Phi) is 7.59. The topological polar surface area (TPSA) is 110 Å². The summed E-state index contributed by atoms with van der Waals surface area (Å²) in [6.45, 7) is 10.9. The Balaban J connectivity index is 1.81. The maximum atomic E-state index is 9.62. The van der Waals surface area contributed by atoms with Crippen LogP contribution in [0.4, 0.5) is 5.69 Å². The highest BCUT2D eigenvalue weighted by atomic mass is 16.5. The lowest BCUT2D eigenvalue weighted by molar-refractivity contribution is -0.00249. The molecule has 8 heteroatoms. The molecule has 0 radical (unpaired) electrons. The van der Waals surface area contributed by atoms with Crippen LogP contribution in [0.5, 0.6) is 5.75 Å². The summed E-state index contributed by atoms with van der Waals surface area (Å²) < 4.78 is 6.02. The minimum absolute atomic E-state index is 0.136. The molecule has 2 aliphatic heterocycles. The SMILES string of the molecule is CC(C)NC(=NCN)C(=N)/C=C1/CCOc2ccc(C3CN(C(C)(C)CO)C3)cc2N1C. The second kappa shape index (κ2) is 10.0. The molecule has 1 aromatic carbocycles. The van der Waals surface area contributed by atoms with Gasteiger partial charge in [-0.2, -0.15) is 0 Å². The van der Waals surface area contributed by atoms with Gasteiger partial charge < -0.3 is 25.8 Å². The van der Waals surface area contributed by atoms with Gasteiger partial charge in [0.05, 0.1) is 31.3 Å². The Labute approximate surface area is 191 Å². The lowest BCUT2D eigenvalue weighted by Gasteiger charge is -2.48. The van der Waals surface area contributed by atoms with Gasteiger partial charge in [-0.3, -0.25) is 15.3 Å². The first-order chi connectivity index (χ1) is 15.2. The van der Waals surface area contributed by atoms with Crippen molar-refractivity contribution in [3.8, 4) is 5.75 Å². The van der Waals surface area contributed by atoms with Crippen molar-refractivity contribution in [1.29, 1.82) is 5.41 Å². The third-order valence-electron chi connectivity index (χ3n) is 6.23. The van der Waals surface area contributed by atoms with Gasteiger partial charge in [-0.1, -0.05) is 6.07 Å². The highest BCUT2D eigenvalue weighted by molar-refractivity contribution is 6.44. The van der Waals surface area contributed by atoms with E-state index < -0.39 is 0 Å². The molecule has 1 fully saturated rings. The number of likely N-dealkylation sites (tertiary alicyclic amines) is 1. The van der Waals surface area contributed by atoms with Crippen molar-refractivity contribution in [3.05, 3.63) is 35.5 Å². The standard InChI is InChI=1S/C24H38N6O2/c1-16(2)28-23(27-15-25)20(26)11-19-8-9-32-22-7-6-17(10-21(22)29(19)5)18-12-30(13-18)24(3,4)14-31/h6-7,10-11,16,18,26,31H,8-9,12-15,25H2,1-5H3,(H,27,28)/b19-11-,26-20?. The first-order valence-corrected chi connectivity index (χ1v) is 11.3. The number of aliphatic hydroxyl groups is 1. The van der Waals surface area contributed by atoms with E-state index in [-0.39, 0.29) is 24.9 Å². The predicted octanol–water partition coefficient (Wildman–Crippen LogP) is 2.29. The summed E-state index contributed by atoms with van der Waals surface area (Å²) in [7, 11) is 2.02. The number of aliphatic hydroxyl groups excluding tert-OH is 1. The van der Waals surface area contributed by atoms with E-state index in [4.69, 9.17) is 15.9 Å². The molecule has 0 unspecified atom stereocenters. The molecule has 0 aliphatic carbocycles. The molecule has 0 spiro atoms. The Bertz CT molecular complexity index is 886. The summed E-state index contributed by atoms with van der Waals surface area (Å²) in [6.07, 6.45) is 2.55. The van der Waals surface area contributed by atoms with Crippen molar-refractivity contribution < 1.29 is 9.84 Å². The van der Waals surface area contributed by atoms with Gasteiger partial charge in [0, 0.05) is 49.8 Å². The van der Waals surface area contributed by atoms with E-state index in [2.05, 4.69) is 52.2 Å². The monoisotopic (exact) mass is 442 g/mol. The molecule has 176 valence electrons. The number of nitrogens with zero attached hydrogens (tertiary/aromatic N) is 3. The lowest BCUT2D eigenvalue weighted by atomic mass is 9.86. The van der Waals surface area contributed by atoms with Crippen LogP contribution < -0.4 is 20.7 Å². The minimum Gasteiger partial charge on any atom is -0.491 e. The van der Waals surface area contributed by atoms with Gasteiger partial charge in [-0.25, -0.2) is 0 Å². The fourth-order valence-corrected chi connectivity index (χ4v) is 4.02. The number of rotatable bonds is 7. The van der Waals surface area contributed by atoms with Crippen molar-refractivity contribution in [1.82, 2.24) is 10.2 Å². The van der Waals surface area contributed by atoms with Gasteiger partial charge in [0.2, 0.25) is 0 Å².